The molecule has 0 radical (unpaired) electrons. The van der Waals surface area contributed by atoms with Gasteiger partial charge in [0, 0.05) is 19.5 Å². The van der Waals surface area contributed by atoms with E-state index >= 15 is 0 Å². The van der Waals surface area contributed by atoms with E-state index in [0.29, 0.717) is 0 Å². The molecular weight excluding hydrogens is 236 g/mol. The summed E-state index contributed by atoms with van der Waals surface area (Å²) in [6.07, 6.45) is 13.6. The molecule has 0 aliphatic carbocycles. The second-order valence-electron chi connectivity index (χ2n) is 5.31. The SMILES string of the molecule is C=CCCCCCCCCCC1=NCCN1CCO. The molecule has 0 spiro atoms. The molecule has 0 aromatic carbocycles. The highest BCUT2D eigenvalue weighted by Gasteiger charge is 2.14. The molecule has 1 rings (SSSR count). The summed E-state index contributed by atoms with van der Waals surface area (Å²) in [5.74, 6) is 1.22. The van der Waals surface area contributed by atoms with E-state index in [4.69, 9.17) is 5.11 Å². The molecule has 0 saturated heterocycles. The molecule has 0 bridgehead atoms. The number of nitrogens with zero attached hydrogens (tertiary/aromatic N) is 2. The van der Waals surface area contributed by atoms with Crippen molar-refractivity contribution >= 4 is 5.84 Å². The lowest BCUT2D eigenvalue weighted by molar-refractivity contribution is 0.255. The predicted molar refractivity (Wildman–Crippen MR) is 82.7 cm³/mol. The van der Waals surface area contributed by atoms with Crippen molar-refractivity contribution in [3.05, 3.63) is 12.7 Å². The number of hydrogen-bond donors (Lipinski definition) is 1. The van der Waals surface area contributed by atoms with Crippen molar-refractivity contribution in [2.45, 2.75) is 57.8 Å². The zero-order chi connectivity index (χ0) is 13.8. The van der Waals surface area contributed by atoms with Gasteiger partial charge < -0.3 is 10.0 Å². The van der Waals surface area contributed by atoms with Crippen LogP contribution in [0.4, 0.5) is 0 Å². The number of hydrogen-bond acceptors (Lipinski definition) is 3. The lowest BCUT2D eigenvalue weighted by Crippen LogP contribution is -2.30. The van der Waals surface area contributed by atoms with E-state index in [-0.39, 0.29) is 6.61 Å². The number of aliphatic hydroxyl groups excluding tert-OH is 1. The first-order valence-corrected chi connectivity index (χ1v) is 7.88. The highest BCUT2D eigenvalue weighted by Crippen LogP contribution is 2.12. The third-order valence-electron chi connectivity index (χ3n) is 3.71. The van der Waals surface area contributed by atoms with E-state index in [1.807, 2.05) is 6.08 Å². The second-order valence-corrected chi connectivity index (χ2v) is 5.31. The Labute approximate surface area is 118 Å². The lowest BCUT2D eigenvalue weighted by atomic mass is 10.1. The molecule has 0 unspecified atom stereocenters. The minimum atomic E-state index is 0.240. The van der Waals surface area contributed by atoms with E-state index in [1.54, 1.807) is 0 Å². The molecule has 110 valence electrons. The van der Waals surface area contributed by atoms with Crippen LogP contribution in [0.25, 0.3) is 0 Å². The summed E-state index contributed by atoms with van der Waals surface area (Å²) >= 11 is 0. The van der Waals surface area contributed by atoms with E-state index in [0.717, 1.165) is 26.1 Å². The third-order valence-corrected chi connectivity index (χ3v) is 3.71. The Hall–Kier alpha value is -0.830. The minimum absolute atomic E-state index is 0.240. The van der Waals surface area contributed by atoms with Gasteiger partial charge in [0.15, 0.2) is 0 Å². The fourth-order valence-electron chi connectivity index (χ4n) is 2.58. The van der Waals surface area contributed by atoms with Gasteiger partial charge in [-0.15, -0.1) is 6.58 Å². The average molecular weight is 266 g/mol. The van der Waals surface area contributed by atoms with Crippen molar-refractivity contribution < 1.29 is 5.11 Å². The Morgan fingerprint density at radius 1 is 1.11 bits per heavy atom. The summed E-state index contributed by atoms with van der Waals surface area (Å²) in [5, 5.41) is 8.97. The van der Waals surface area contributed by atoms with Gasteiger partial charge in [-0.1, -0.05) is 38.2 Å². The summed E-state index contributed by atoms with van der Waals surface area (Å²) in [5.41, 5.74) is 0. The smallest absolute Gasteiger partial charge is 0.0991 e. The molecular formula is C16H30N2O. The summed E-state index contributed by atoms with van der Waals surface area (Å²) in [6, 6.07) is 0. The lowest BCUT2D eigenvalue weighted by Gasteiger charge is -2.18. The molecule has 0 amide bonds. The number of aliphatic imine (C=N–C) groups is 1. The molecule has 1 N–H and O–H groups in total. The molecule has 0 aromatic rings. The van der Waals surface area contributed by atoms with Gasteiger partial charge in [0.2, 0.25) is 0 Å². The third kappa shape index (κ3) is 7.36. The summed E-state index contributed by atoms with van der Waals surface area (Å²) < 4.78 is 0. The van der Waals surface area contributed by atoms with Crippen molar-refractivity contribution in [1.29, 1.82) is 0 Å². The van der Waals surface area contributed by atoms with Crippen molar-refractivity contribution in [3.8, 4) is 0 Å². The number of unbranched alkanes of at least 4 members (excludes halogenated alkanes) is 7. The first-order chi connectivity index (χ1) is 9.38. The standard InChI is InChI=1S/C16H30N2O/c1-2-3-4-5-6-7-8-9-10-11-16-17-12-13-18(16)14-15-19/h2,19H,1,3-15H2. The van der Waals surface area contributed by atoms with Crippen LogP contribution in [0.5, 0.6) is 0 Å². The number of aliphatic hydroxyl groups is 1. The van der Waals surface area contributed by atoms with E-state index < -0.39 is 0 Å². The molecule has 19 heavy (non-hydrogen) atoms. The van der Waals surface area contributed by atoms with Crippen LogP contribution in [-0.4, -0.2) is 42.1 Å². The Morgan fingerprint density at radius 2 is 1.79 bits per heavy atom. The zero-order valence-electron chi connectivity index (χ0n) is 12.3. The van der Waals surface area contributed by atoms with Gasteiger partial charge in [-0.2, -0.15) is 0 Å². The fourth-order valence-corrected chi connectivity index (χ4v) is 2.58. The molecule has 0 saturated carbocycles. The highest BCUT2D eigenvalue weighted by molar-refractivity contribution is 5.83. The van der Waals surface area contributed by atoms with Gasteiger partial charge >= 0.3 is 0 Å². The normalized spacial score (nSPS) is 14.8. The maximum atomic E-state index is 8.97. The van der Waals surface area contributed by atoms with Gasteiger partial charge in [0.25, 0.3) is 0 Å². The minimum Gasteiger partial charge on any atom is -0.395 e. The van der Waals surface area contributed by atoms with Gasteiger partial charge in [0.05, 0.1) is 19.0 Å². The number of amidine groups is 1. The van der Waals surface area contributed by atoms with Crippen LogP contribution in [0.2, 0.25) is 0 Å². The van der Waals surface area contributed by atoms with Crippen LogP contribution >= 0.6 is 0 Å². The van der Waals surface area contributed by atoms with E-state index in [1.165, 1.54) is 57.2 Å². The molecule has 1 aliphatic rings. The van der Waals surface area contributed by atoms with Crippen LogP contribution in [0.3, 0.4) is 0 Å². The first-order valence-electron chi connectivity index (χ1n) is 7.88. The quantitative estimate of drug-likeness (QED) is 0.434. The highest BCUT2D eigenvalue weighted by atomic mass is 16.3. The van der Waals surface area contributed by atoms with Crippen LogP contribution in [0, 0.1) is 0 Å². The van der Waals surface area contributed by atoms with Crippen LogP contribution in [0.1, 0.15) is 57.8 Å². The molecule has 1 aliphatic heterocycles. The molecule has 3 heteroatoms. The predicted octanol–water partition coefficient (Wildman–Crippen LogP) is 3.39. The van der Waals surface area contributed by atoms with Crippen LogP contribution in [-0.2, 0) is 0 Å². The number of β-amino-alcohol motifs (C(OH)–C–C–N with tert-alkyl or cyclic N) is 1. The Morgan fingerprint density at radius 3 is 2.47 bits per heavy atom. The van der Waals surface area contributed by atoms with Crippen molar-refractivity contribution in [1.82, 2.24) is 4.90 Å². The summed E-state index contributed by atoms with van der Waals surface area (Å²) in [6.45, 7) is 6.65. The second kappa shape index (κ2) is 11.0. The van der Waals surface area contributed by atoms with Gasteiger partial charge in [0.1, 0.15) is 0 Å². The Bertz CT molecular complexity index is 263. The molecule has 1 heterocycles. The Balaban J connectivity index is 1.91. The maximum absolute atomic E-state index is 8.97. The van der Waals surface area contributed by atoms with Crippen LogP contribution in [0.15, 0.2) is 17.6 Å². The van der Waals surface area contributed by atoms with Crippen LogP contribution < -0.4 is 0 Å². The van der Waals surface area contributed by atoms with Gasteiger partial charge in [-0.05, 0) is 19.3 Å². The summed E-state index contributed by atoms with van der Waals surface area (Å²) in [4.78, 5) is 6.76. The first kappa shape index (κ1) is 16.2. The molecule has 0 aromatic heterocycles. The number of rotatable bonds is 12. The van der Waals surface area contributed by atoms with Crippen molar-refractivity contribution in [2.75, 3.05) is 26.2 Å². The molecule has 0 fully saturated rings. The monoisotopic (exact) mass is 266 g/mol. The van der Waals surface area contributed by atoms with E-state index in [2.05, 4.69) is 16.5 Å². The summed E-state index contributed by atoms with van der Waals surface area (Å²) in [7, 11) is 0. The average Bonchev–Trinajstić information content (AvgIpc) is 2.85. The van der Waals surface area contributed by atoms with Crippen molar-refractivity contribution in [2.24, 2.45) is 4.99 Å². The molecule has 3 nitrogen and oxygen atoms in total. The molecule has 0 atom stereocenters. The zero-order valence-corrected chi connectivity index (χ0v) is 12.3. The fraction of sp³-hybridized carbons (Fsp3) is 0.812. The van der Waals surface area contributed by atoms with Gasteiger partial charge in [-0.25, -0.2) is 0 Å². The van der Waals surface area contributed by atoms with E-state index in [9.17, 15) is 0 Å². The van der Waals surface area contributed by atoms with Crippen molar-refractivity contribution in [3.63, 3.8) is 0 Å². The van der Waals surface area contributed by atoms with Gasteiger partial charge in [-0.3, -0.25) is 4.99 Å². The largest absolute Gasteiger partial charge is 0.395 e. The Kier molecular flexibility index (Phi) is 9.42. The number of allylic oxidation sites excluding steroid dienone is 1. The topological polar surface area (TPSA) is 35.8 Å². The maximum Gasteiger partial charge on any atom is 0.0991 e.